The van der Waals surface area contributed by atoms with E-state index in [1.165, 1.54) is 38.6 Å². The van der Waals surface area contributed by atoms with Gasteiger partial charge in [-0.3, -0.25) is 4.79 Å². The highest BCUT2D eigenvalue weighted by Gasteiger charge is 2.37. The lowest BCUT2D eigenvalue weighted by atomic mass is 9.91. The van der Waals surface area contributed by atoms with Crippen molar-refractivity contribution < 1.29 is 60.3 Å². The highest BCUT2D eigenvalue weighted by Crippen LogP contribution is 2.42. The molecule has 10 nitrogen and oxygen atoms in total. The van der Waals surface area contributed by atoms with Gasteiger partial charge in [-0.25, -0.2) is 9.97 Å². The second kappa shape index (κ2) is 16.0. The number of carboxylic acid groups (broad SMARTS) is 1. The van der Waals surface area contributed by atoms with E-state index in [9.17, 15) is 36.2 Å². The fourth-order valence-corrected chi connectivity index (χ4v) is 5.30. The minimum Gasteiger partial charge on any atom is -0.496 e. The van der Waals surface area contributed by atoms with Crippen molar-refractivity contribution in [2.45, 2.75) is 57.7 Å². The first-order chi connectivity index (χ1) is 24.3. The molecule has 2 N–H and O–H groups in total. The van der Waals surface area contributed by atoms with E-state index in [0.717, 1.165) is 0 Å². The monoisotopic (exact) mass is 737 g/mol. The lowest BCUT2D eigenvalue weighted by Crippen LogP contribution is -2.25. The number of methoxy groups -OCH3 is 3. The highest BCUT2D eigenvalue weighted by molar-refractivity contribution is 5.77. The quantitative estimate of drug-likeness (QED) is 0.0920. The molecule has 1 heterocycles. The van der Waals surface area contributed by atoms with E-state index in [1.807, 2.05) is 0 Å². The first-order valence-corrected chi connectivity index (χ1v) is 15.7. The lowest BCUT2D eigenvalue weighted by Gasteiger charge is -2.27. The molecule has 0 aliphatic heterocycles. The summed E-state index contributed by atoms with van der Waals surface area (Å²) in [7, 11) is 4.26. The minimum absolute atomic E-state index is 0.0315. The van der Waals surface area contributed by atoms with Crippen molar-refractivity contribution in [2.75, 3.05) is 32.8 Å². The van der Waals surface area contributed by atoms with Gasteiger partial charge in [-0.1, -0.05) is 6.07 Å². The Hall–Kier alpha value is -5.25. The van der Waals surface area contributed by atoms with Crippen molar-refractivity contribution in [3.8, 4) is 34.1 Å². The smallest absolute Gasteiger partial charge is 0.416 e. The second-order valence-corrected chi connectivity index (χ2v) is 12.2. The summed E-state index contributed by atoms with van der Waals surface area (Å²) in [6, 6.07) is 9.59. The molecule has 3 aromatic carbocycles. The number of carboxylic acids is 1. The van der Waals surface area contributed by atoms with Crippen LogP contribution in [0.2, 0.25) is 0 Å². The molecule has 0 saturated heterocycles. The predicted octanol–water partition coefficient (Wildman–Crippen LogP) is 7.88. The van der Waals surface area contributed by atoms with Crippen molar-refractivity contribution in [2.24, 2.45) is 0 Å². The molecule has 0 radical (unpaired) electrons. The summed E-state index contributed by atoms with van der Waals surface area (Å²) >= 11 is 0. The van der Waals surface area contributed by atoms with Gasteiger partial charge in [0, 0.05) is 25.1 Å². The van der Waals surface area contributed by atoms with Crippen LogP contribution in [-0.4, -0.2) is 54.1 Å². The van der Waals surface area contributed by atoms with Crippen molar-refractivity contribution >= 4 is 11.9 Å². The number of halogens is 6. The molecule has 0 atom stereocenters. The summed E-state index contributed by atoms with van der Waals surface area (Å²) in [5, 5.41) is 19.7. The van der Waals surface area contributed by atoms with Crippen molar-refractivity contribution in [3.63, 3.8) is 0 Å². The van der Waals surface area contributed by atoms with Gasteiger partial charge >= 0.3 is 18.3 Å². The average Bonchev–Trinajstić information content (AvgIpc) is 3.08. The van der Waals surface area contributed by atoms with Gasteiger partial charge in [-0.05, 0) is 85.0 Å². The first kappa shape index (κ1) is 39.5. The molecule has 0 spiro atoms. The molecule has 1 aromatic heterocycles. The number of ether oxygens (including phenoxy) is 4. The number of alkyl halides is 6. The van der Waals surface area contributed by atoms with Crippen LogP contribution in [0.3, 0.4) is 0 Å². The van der Waals surface area contributed by atoms with Gasteiger partial charge in [0.25, 0.3) is 0 Å². The Balaban J connectivity index is 1.89. The van der Waals surface area contributed by atoms with Crippen LogP contribution in [0.1, 0.15) is 54.5 Å². The number of aliphatic hydroxyl groups is 1. The molecule has 0 bridgehead atoms. The Morgan fingerprint density at radius 1 is 0.750 bits per heavy atom. The van der Waals surface area contributed by atoms with E-state index in [0.29, 0.717) is 45.9 Å². The van der Waals surface area contributed by atoms with Gasteiger partial charge in [0.05, 0.1) is 57.1 Å². The largest absolute Gasteiger partial charge is 0.496 e. The fourth-order valence-electron chi connectivity index (χ4n) is 5.30. The normalized spacial score (nSPS) is 12.0. The number of benzene rings is 3. The molecule has 16 heteroatoms. The number of carbonyl (C=O) groups is 1. The summed E-state index contributed by atoms with van der Waals surface area (Å²) < 4.78 is 105. The van der Waals surface area contributed by atoms with Gasteiger partial charge in [-0.15, -0.1) is 0 Å². The third kappa shape index (κ3) is 9.96. The molecule has 0 saturated carbocycles. The number of nitrogens with zero attached hydrogens (tertiary/aromatic N) is 3. The SMILES string of the molecule is COc1cc(CN(Cc2cc(C(F)(F)F)cc(C(F)(F)F)c2)c2ncc(OCCCC(=O)O)cn2)c(-c2cc(C(C)(C)O)ccc2OC)cc1OC. The Morgan fingerprint density at radius 3 is 1.85 bits per heavy atom. The number of hydrogen-bond donors (Lipinski definition) is 2. The van der Waals surface area contributed by atoms with Crippen LogP contribution in [0.4, 0.5) is 32.3 Å². The molecule has 0 fully saturated rings. The summed E-state index contributed by atoms with van der Waals surface area (Å²) in [6.07, 6.45) is -7.57. The van der Waals surface area contributed by atoms with Crippen molar-refractivity contribution in [1.82, 2.24) is 9.97 Å². The van der Waals surface area contributed by atoms with Crippen LogP contribution < -0.4 is 23.8 Å². The summed E-state index contributed by atoms with van der Waals surface area (Å²) in [5.74, 6) is 0.0313. The van der Waals surface area contributed by atoms with Gasteiger partial charge in [0.2, 0.25) is 5.95 Å². The molecule has 0 aliphatic carbocycles. The number of hydrogen-bond acceptors (Lipinski definition) is 9. The van der Waals surface area contributed by atoms with E-state index in [1.54, 1.807) is 44.2 Å². The zero-order valence-corrected chi connectivity index (χ0v) is 28.9. The predicted molar refractivity (Wildman–Crippen MR) is 178 cm³/mol. The molecule has 0 unspecified atom stereocenters. The van der Waals surface area contributed by atoms with Crippen LogP contribution in [0.5, 0.6) is 23.0 Å². The Bertz CT molecular complexity index is 1830. The molecule has 0 amide bonds. The number of aliphatic carboxylic acids is 1. The second-order valence-electron chi connectivity index (χ2n) is 12.2. The highest BCUT2D eigenvalue weighted by atomic mass is 19.4. The third-order valence-corrected chi connectivity index (χ3v) is 7.89. The van der Waals surface area contributed by atoms with E-state index in [4.69, 9.17) is 24.1 Å². The van der Waals surface area contributed by atoms with E-state index in [-0.39, 0.29) is 55.1 Å². The standard InChI is InChI=1S/C36H37F6N3O7/c1-34(2,48)23-8-9-29(49-3)28(15-23)27-16-31(51-5)30(50-4)13-22(27)20-45(33-43-17-26(18-44-33)52-10-6-7-32(46)47)19-21-11-24(35(37,38)39)14-25(12-21)36(40,41)42/h8-9,11-18,48H,6-7,10,19-20H2,1-5H3,(H,46,47). The molecule has 0 aliphatic rings. The van der Waals surface area contributed by atoms with E-state index >= 15 is 0 Å². The minimum atomic E-state index is -5.07. The summed E-state index contributed by atoms with van der Waals surface area (Å²) in [5.41, 5.74) is -2.63. The summed E-state index contributed by atoms with van der Waals surface area (Å²) in [4.78, 5) is 20.8. The third-order valence-electron chi connectivity index (χ3n) is 7.89. The Morgan fingerprint density at radius 2 is 1.33 bits per heavy atom. The lowest BCUT2D eigenvalue weighted by molar-refractivity contribution is -0.143. The molecule has 4 aromatic rings. The van der Waals surface area contributed by atoms with Gasteiger partial charge in [0.15, 0.2) is 17.2 Å². The summed E-state index contributed by atoms with van der Waals surface area (Å²) in [6.45, 7) is 2.51. The molecular weight excluding hydrogens is 700 g/mol. The van der Waals surface area contributed by atoms with Gasteiger partial charge < -0.3 is 34.1 Å². The zero-order chi connectivity index (χ0) is 38.4. The van der Waals surface area contributed by atoms with Crippen LogP contribution in [0.15, 0.2) is 60.9 Å². The number of anilines is 1. The maximum atomic E-state index is 13.8. The first-order valence-electron chi connectivity index (χ1n) is 15.7. The fraction of sp³-hybridized carbons (Fsp3) is 0.361. The zero-order valence-electron chi connectivity index (χ0n) is 28.9. The van der Waals surface area contributed by atoms with E-state index < -0.39 is 41.6 Å². The van der Waals surface area contributed by atoms with Crippen LogP contribution in [0.25, 0.3) is 11.1 Å². The van der Waals surface area contributed by atoms with Crippen LogP contribution >= 0.6 is 0 Å². The Labute approximate surface area is 295 Å². The molecular formula is C36H37F6N3O7. The Kier molecular flexibility index (Phi) is 12.1. The van der Waals surface area contributed by atoms with Crippen LogP contribution in [-0.2, 0) is 35.8 Å². The number of rotatable bonds is 15. The van der Waals surface area contributed by atoms with Gasteiger partial charge in [-0.2, -0.15) is 26.3 Å². The van der Waals surface area contributed by atoms with Crippen LogP contribution in [0, 0.1) is 0 Å². The number of aromatic nitrogens is 2. The molecule has 52 heavy (non-hydrogen) atoms. The van der Waals surface area contributed by atoms with E-state index in [2.05, 4.69) is 9.97 Å². The van der Waals surface area contributed by atoms with Gasteiger partial charge in [0.1, 0.15) is 5.75 Å². The maximum absolute atomic E-state index is 13.8. The molecule has 280 valence electrons. The topological polar surface area (TPSA) is 123 Å². The maximum Gasteiger partial charge on any atom is 0.416 e. The molecule has 4 rings (SSSR count). The average molecular weight is 738 g/mol. The van der Waals surface area contributed by atoms with Crippen molar-refractivity contribution in [1.29, 1.82) is 0 Å². The van der Waals surface area contributed by atoms with Crippen molar-refractivity contribution in [3.05, 3.63) is 88.7 Å².